The number of aromatic nitrogens is 1. The van der Waals surface area contributed by atoms with Crippen LogP contribution < -0.4 is 5.32 Å². The zero-order valence-electron chi connectivity index (χ0n) is 12.1. The van der Waals surface area contributed by atoms with Crippen molar-refractivity contribution in [1.82, 2.24) is 9.88 Å². The summed E-state index contributed by atoms with van der Waals surface area (Å²) < 4.78 is 0. The SMILES string of the molecule is CC(O)CN(C(=O)Nc1ccc2[nH]ccc2c1)C(C)C. The number of amides is 2. The van der Waals surface area contributed by atoms with E-state index in [2.05, 4.69) is 10.3 Å². The van der Waals surface area contributed by atoms with Crippen molar-refractivity contribution in [3.63, 3.8) is 0 Å². The summed E-state index contributed by atoms with van der Waals surface area (Å²) in [7, 11) is 0. The fraction of sp³-hybridized carbons (Fsp3) is 0.400. The number of nitrogens with one attached hydrogen (secondary N) is 2. The predicted octanol–water partition coefficient (Wildman–Crippen LogP) is 2.79. The topological polar surface area (TPSA) is 68.4 Å². The number of anilines is 1. The van der Waals surface area contributed by atoms with Gasteiger partial charge in [-0.15, -0.1) is 0 Å². The van der Waals surface area contributed by atoms with Crippen LogP contribution in [0.15, 0.2) is 30.5 Å². The first-order chi connectivity index (χ1) is 9.47. The first-order valence-corrected chi connectivity index (χ1v) is 6.80. The largest absolute Gasteiger partial charge is 0.392 e. The van der Waals surface area contributed by atoms with E-state index in [1.807, 2.05) is 44.3 Å². The number of carbonyl (C=O) groups excluding carboxylic acids is 1. The molecule has 5 heteroatoms. The molecule has 108 valence electrons. The number of rotatable bonds is 4. The van der Waals surface area contributed by atoms with Crippen molar-refractivity contribution in [2.45, 2.75) is 32.9 Å². The molecular weight excluding hydrogens is 254 g/mol. The van der Waals surface area contributed by atoms with Crippen LogP contribution in [-0.4, -0.2) is 39.7 Å². The molecule has 1 aromatic heterocycles. The third-order valence-electron chi connectivity index (χ3n) is 3.15. The molecule has 2 aromatic rings. The lowest BCUT2D eigenvalue weighted by Gasteiger charge is -2.28. The molecule has 3 N–H and O–H groups in total. The van der Waals surface area contributed by atoms with Crippen molar-refractivity contribution in [2.75, 3.05) is 11.9 Å². The molecule has 0 aliphatic rings. The van der Waals surface area contributed by atoms with E-state index in [1.165, 1.54) is 0 Å². The van der Waals surface area contributed by atoms with Gasteiger partial charge in [-0.2, -0.15) is 0 Å². The Balaban J connectivity index is 2.12. The van der Waals surface area contributed by atoms with Crippen LogP contribution in [-0.2, 0) is 0 Å². The molecule has 0 aliphatic carbocycles. The smallest absolute Gasteiger partial charge is 0.322 e. The summed E-state index contributed by atoms with van der Waals surface area (Å²) in [5.74, 6) is 0. The highest BCUT2D eigenvalue weighted by Gasteiger charge is 2.18. The molecule has 20 heavy (non-hydrogen) atoms. The van der Waals surface area contributed by atoms with Crippen molar-refractivity contribution in [3.8, 4) is 0 Å². The number of hydrogen-bond donors (Lipinski definition) is 3. The van der Waals surface area contributed by atoms with Crippen LogP contribution in [0.5, 0.6) is 0 Å². The van der Waals surface area contributed by atoms with E-state index >= 15 is 0 Å². The average molecular weight is 275 g/mol. The van der Waals surface area contributed by atoms with Gasteiger partial charge in [0.2, 0.25) is 0 Å². The molecule has 0 bridgehead atoms. The van der Waals surface area contributed by atoms with Gasteiger partial charge < -0.3 is 20.3 Å². The number of aliphatic hydroxyl groups excluding tert-OH is 1. The number of benzene rings is 1. The van der Waals surface area contributed by atoms with Gasteiger partial charge in [-0.1, -0.05) is 0 Å². The van der Waals surface area contributed by atoms with Gasteiger partial charge in [0, 0.05) is 35.4 Å². The van der Waals surface area contributed by atoms with Crippen LogP contribution in [0, 0.1) is 0 Å². The van der Waals surface area contributed by atoms with Gasteiger partial charge in [0.05, 0.1) is 6.10 Å². The second-order valence-electron chi connectivity index (χ2n) is 5.30. The summed E-state index contributed by atoms with van der Waals surface area (Å²) in [5.41, 5.74) is 1.78. The Bertz CT molecular complexity index is 590. The van der Waals surface area contributed by atoms with Gasteiger partial charge in [0.15, 0.2) is 0 Å². The maximum atomic E-state index is 12.3. The molecule has 1 atom stereocenters. The molecule has 2 rings (SSSR count). The summed E-state index contributed by atoms with van der Waals surface area (Å²) in [6.45, 7) is 5.85. The Kier molecular flexibility index (Phi) is 4.29. The van der Waals surface area contributed by atoms with Gasteiger partial charge in [-0.05, 0) is 45.0 Å². The minimum atomic E-state index is -0.546. The van der Waals surface area contributed by atoms with Crippen LogP contribution in [0.1, 0.15) is 20.8 Å². The zero-order valence-corrected chi connectivity index (χ0v) is 12.1. The maximum absolute atomic E-state index is 12.3. The number of aliphatic hydroxyl groups is 1. The van der Waals surface area contributed by atoms with Gasteiger partial charge in [0.25, 0.3) is 0 Å². The number of hydrogen-bond acceptors (Lipinski definition) is 2. The molecule has 0 saturated carbocycles. The van der Waals surface area contributed by atoms with Crippen LogP contribution in [0.4, 0.5) is 10.5 Å². The standard InChI is InChI=1S/C15H21N3O2/c1-10(2)18(9-11(3)19)15(20)17-13-4-5-14-12(8-13)6-7-16-14/h4-8,10-11,16,19H,9H2,1-3H3,(H,17,20). The Morgan fingerprint density at radius 1 is 1.35 bits per heavy atom. The number of carbonyl (C=O) groups is 1. The van der Waals surface area contributed by atoms with Crippen molar-refractivity contribution >= 4 is 22.6 Å². The molecule has 1 heterocycles. The molecule has 5 nitrogen and oxygen atoms in total. The Hall–Kier alpha value is -2.01. The minimum absolute atomic E-state index is 0.0283. The van der Waals surface area contributed by atoms with E-state index in [-0.39, 0.29) is 12.1 Å². The molecule has 0 aliphatic heterocycles. The van der Waals surface area contributed by atoms with E-state index in [4.69, 9.17) is 0 Å². The Labute approximate surface area is 118 Å². The van der Waals surface area contributed by atoms with E-state index in [0.717, 1.165) is 16.6 Å². The fourth-order valence-corrected chi connectivity index (χ4v) is 2.14. The lowest BCUT2D eigenvalue weighted by Crippen LogP contribution is -2.43. The molecule has 0 radical (unpaired) electrons. The van der Waals surface area contributed by atoms with Gasteiger partial charge >= 0.3 is 6.03 Å². The van der Waals surface area contributed by atoms with Crippen molar-refractivity contribution in [2.24, 2.45) is 0 Å². The van der Waals surface area contributed by atoms with E-state index < -0.39 is 6.10 Å². The summed E-state index contributed by atoms with van der Waals surface area (Å²) in [6.07, 6.45) is 1.32. The third kappa shape index (κ3) is 3.30. The van der Waals surface area contributed by atoms with Crippen molar-refractivity contribution in [3.05, 3.63) is 30.5 Å². The molecule has 2 amide bonds. The molecule has 0 fully saturated rings. The van der Waals surface area contributed by atoms with Crippen molar-refractivity contribution in [1.29, 1.82) is 0 Å². The Morgan fingerprint density at radius 2 is 2.10 bits per heavy atom. The highest BCUT2D eigenvalue weighted by Crippen LogP contribution is 2.18. The lowest BCUT2D eigenvalue weighted by molar-refractivity contribution is 0.125. The fourth-order valence-electron chi connectivity index (χ4n) is 2.14. The normalized spacial score (nSPS) is 12.7. The third-order valence-corrected chi connectivity index (χ3v) is 3.15. The molecular formula is C15H21N3O2. The maximum Gasteiger partial charge on any atom is 0.322 e. The number of aromatic amines is 1. The summed E-state index contributed by atoms with van der Waals surface area (Å²) >= 11 is 0. The Morgan fingerprint density at radius 3 is 2.75 bits per heavy atom. The van der Waals surface area contributed by atoms with Crippen LogP contribution >= 0.6 is 0 Å². The van der Waals surface area contributed by atoms with Crippen molar-refractivity contribution < 1.29 is 9.90 Å². The number of urea groups is 1. The van der Waals surface area contributed by atoms with Gasteiger partial charge in [0.1, 0.15) is 0 Å². The van der Waals surface area contributed by atoms with Crippen LogP contribution in [0.3, 0.4) is 0 Å². The second-order valence-corrected chi connectivity index (χ2v) is 5.30. The van der Waals surface area contributed by atoms with E-state index in [0.29, 0.717) is 6.54 Å². The van der Waals surface area contributed by atoms with Crippen LogP contribution in [0.2, 0.25) is 0 Å². The number of fused-ring (bicyclic) bond motifs is 1. The summed E-state index contributed by atoms with van der Waals surface area (Å²) in [6, 6.07) is 7.50. The molecule has 0 saturated heterocycles. The van der Waals surface area contributed by atoms with Gasteiger partial charge in [-0.25, -0.2) is 4.79 Å². The average Bonchev–Trinajstić information content (AvgIpc) is 2.82. The number of nitrogens with zero attached hydrogens (tertiary/aromatic N) is 1. The highest BCUT2D eigenvalue weighted by atomic mass is 16.3. The molecule has 0 spiro atoms. The first kappa shape index (κ1) is 14.4. The quantitative estimate of drug-likeness (QED) is 0.803. The zero-order chi connectivity index (χ0) is 14.7. The predicted molar refractivity (Wildman–Crippen MR) is 80.8 cm³/mol. The van der Waals surface area contributed by atoms with E-state index in [9.17, 15) is 9.90 Å². The number of H-pyrrole nitrogens is 1. The molecule has 1 unspecified atom stereocenters. The summed E-state index contributed by atoms with van der Waals surface area (Å²) in [5, 5.41) is 13.4. The lowest BCUT2D eigenvalue weighted by atomic mass is 10.2. The second kappa shape index (κ2) is 5.96. The van der Waals surface area contributed by atoms with E-state index in [1.54, 1.807) is 11.8 Å². The van der Waals surface area contributed by atoms with Crippen LogP contribution in [0.25, 0.3) is 10.9 Å². The molecule has 1 aromatic carbocycles. The summed E-state index contributed by atoms with van der Waals surface area (Å²) in [4.78, 5) is 17.0. The first-order valence-electron chi connectivity index (χ1n) is 6.80. The van der Waals surface area contributed by atoms with Gasteiger partial charge in [-0.3, -0.25) is 0 Å². The highest BCUT2D eigenvalue weighted by molar-refractivity contribution is 5.92. The monoisotopic (exact) mass is 275 g/mol. The minimum Gasteiger partial charge on any atom is -0.392 e.